The molecule has 0 aliphatic heterocycles. The standard InChI is InChI=1S/C35H44N6O/c1-38(2)29-17-9-25(10-18-29)33(26-11-19-30(20-12-26)39(3)4)36-35(42)37-34(27-13-21-31(22-14-27)40(5)6)28-15-23-32(24-16-28)41(7)8/h9-24,33-34H,1-8H3,(H2,36,37,42). The number of benzene rings is 4. The number of carbonyl (C=O) groups is 1. The minimum Gasteiger partial charge on any atom is -0.378 e. The van der Waals surface area contributed by atoms with Crippen molar-refractivity contribution in [2.45, 2.75) is 12.1 Å². The summed E-state index contributed by atoms with van der Waals surface area (Å²) >= 11 is 0. The van der Waals surface area contributed by atoms with E-state index < -0.39 is 0 Å². The van der Waals surface area contributed by atoms with E-state index in [2.05, 4.69) is 127 Å². The van der Waals surface area contributed by atoms with Gasteiger partial charge in [-0.15, -0.1) is 0 Å². The van der Waals surface area contributed by atoms with Crippen molar-refractivity contribution in [2.24, 2.45) is 0 Å². The topological polar surface area (TPSA) is 54.1 Å². The smallest absolute Gasteiger partial charge is 0.316 e. The van der Waals surface area contributed by atoms with E-state index in [1.54, 1.807) is 0 Å². The lowest BCUT2D eigenvalue weighted by molar-refractivity contribution is 0.236. The third kappa shape index (κ3) is 7.35. The fraction of sp³-hybridized carbons (Fsp3) is 0.286. The number of hydrogen-bond acceptors (Lipinski definition) is 5. The molecule has 0 atom stereocenters. The molecule has 0 fully saturated rings. The Hall–Kier alpha value is -4.65. The van der Waals surface area contributed by atoms with Crippen LogP contribution in [0.25, 0.3) is 0 Å². The van der Waals surface area contributed by atoms with Gasteiger partial charge in [-0.3, -0.25) is 0 Å². The molecule has 4 aromatic rings. The van der Waals surface area contributed by atoms with Gasteiger partial charge in [-0.1, -0.05) is 48.5 Å². The Morgan fingerprint density at radius 1 is 0.405 bits per heavy atom. The first-order valence-corrected chi connectivity index (χ1v) is 14.2. The molecule has 4 aromatic carbocycles. The zero-order valence-electron chi connectivity index (χ0n) is 26.1. The van der Waals surface area contributed by atoms with Crippen molar-refractivity contribution in [3.05, 3.63) is 119 Å². The van der Waals surface area contributed by atoms with Gasteiger partial charge in [0.1, 0.15) is 0 Å². The fourth-order valence-electron chi connectivity index (χ4n) is 4.88. The zero-order valence-corrected chi connectivity index (χ0v) is 26.1. The van der Waals surface area contributed by atoms with Gasteiger partial charge in [0, 0.05) is 79.1 Å². The van der Waals surface area contributed by atoms with Gasteiger partial charge in [-0.2, -0.15) is 0 Å². The Balaban J connectivity index is 1.66. The van der Waals surface area contributed by atoms with E-state index in [1.807, 2.05) is 56.4 Å². The lowest BCUT2D eigenvalue weighted by Crippen LogP contribution is -2.40. The number of nitrogens with one attached hydrogen (secondary N) is 2. The molecule has 0 aromatic heterocycles. The summed E-state index contributed by atoms with van der Waals surface area (Å²) in [5.41, 5.74) is 8.46. The van der Waals surface area contributed by atoms with E-state index in [-0.39, 0.29) is 18.1 Å². The van der Waals surface area contributed by atoms with Crippen LogP contribution in [-0.2, 0) is 0 Å². The van der Waals surface area contributed by atoms with Crippen molar-refractivity contribution in [3.8, 4) is 0 Å². The Labute approximate surface area is 251 Å². The van der Waals surface area contributed by atoms with E-state index in [0.29, 0.717) is 0 Å². The lowest BCUT2D eigenvalue weighted by atomic mass is 9.97. The maximum Gasteiger partial charge on any atom is 0.316 e. The predicted octanol–water partition coefficient (Wildman–Crippen LogP) is 6.13. The van der Waals surface area contributed by atoms with Crippen molar-refractivity contribution in [3.63, 3.8) is 0 Å². The highest BCUT2D eigenvalue weighted by molar-refractivity contribution is 5.76. The van der Waals surface area contributed by atoms with Gasteiger partial charge < -0.3 is 30.2 Å². The Morgan fingerprint density at radius 2 is 0.595 bits per heavy atom. The molecule has 0 aliphatic carbocycles. The first kappa shape index (κ1) is 30.3. The van der Waals surface area contributed by atoms with Crippen molar-refractivity contribution in [2.75, 3.05) is 76.0 Å². The Kier molecular flexibility index (Phi) is 9.63. The molecule has 7 nitrogen and oxygen atoms in total. The van der Waals surface area contributed by atoms with Crippen LogP contribution in [0.2, 0.25) is 0 Å². The average Bonchev–Trinajstić information content (AvgIpc) is 2.99. The van der Waals surface area contributed by atoms with Crippen LogP contribution in [0, 0.1) is 0 Å². The second-order valence-corrected chi connectivity index (χ2v) is 11.4. The van der Waals surface area contributed by atoms with Gasteiger partial charge in [-0.25, -0.2) is 4.79 Å². The quantitative estimate of drug-likeness (QED) is 0.243. The first-order chi connectivity index (χ1) is 20.0. The first-order valence-electron chi connectivity index (χ1n) is 14.2. The summed E-state index contributed by atoms with van der Waals surface area (Å²) in [6.45, 7) is 0. The van der Waals surface area contributed by atoms with E-state index in [1.165, 1.54) is 0 Å². The third-order valence-electron chi connectivity index (χ3n) is 7.52. The van der Waals surface area contributed by atoms with Crippen molar-refractivity contribution in [1.82, 2.24) is 10.6 Å². The Bertz CT molecular complexity index is 1210. The maximum atomic E-state index is 13.8. The largest absolute Gasteiger partial charge is 0.378 e. The highest BCUT2D eigenvalue weighted by atomic mass is 16.2. The normalized spacial score (nSPS) is 10.9. The molecule has 7 heteroatoms. The Morgan fingerprint density at radius 3 is 0.762 bits per heavy atom. The molecule has 0 saturated carbocycles. The summed E-state index contributed by atoms with van der Waals surface area (Å²) in [7, 11) is 16.2. The van der Waals surface area contributed by atoms with Gasteiger partial charge >= 0.3 is 6.03 Å². The van der Waals surface area contributed by atoms with Gasteiger partial charge in [-0.05, 0) is 70.8 Å². The summed E-state index contributed by atoms with van der Waals surface area (Å²) in [6.07, 6.45) is 0. The van der Waals surface area contributed by atoms with Crippen LogP contribution in [0.1, 0.15) is 34.3 Å². The van der Waals surface area contributed by atoms with Gasteiger partial charge in [0.15, 0.2) is 0 Å². The molecule has 2 amide bonds. The van der Waals surface area contributed by atoms with Crippen LogP contribution >= 0.6 is 0 Å². The number of carbonyl (C=O) groups excluding carboxylic acids is 1. The maximum absolute atomic E-state index is 13.8. The highest BCUT2D eigenvalue weighted by Crippen LogP contribution is 2.29. The molecule has 0 bridgehead atoms. The molecule has 42 heavy (non-hydrogen) atoms. The minimum atomic E-state index is -0.328. The van der Waals surface area contributed by atoms with Crippen LogP contribution in [0.4, 0.5) is 27.5 Å². The van der Waals surface area contributed by atoms with Crippen molar-refractivity contribution < 1.29 is 4.79 Å². The molecule has 4 rings (SSSR count). The summed E-state index contributed by atoms with van der Waals surface area (Å²) in [5.74, 6) is 0. The number of urea groups is 1. The van der Waals surface area contributed by atoms with Crippen LogP contribution < -0.4 is 30.2 Å². The molecule has 0 aliphatic rings. The number of rotatable bonds is 10. The van der Waals surface area contributed by atoms with Crippen LogP contribution in [0.15, 0.2) is 97.1 Å². The second kappa shape index (κ2) is 13.3. The zero-order chi connectivity index (χ0) is 30.4. The molecule has 0 saturated heterocycles. The summed E-state index contributed by atoms with van der Waals surface area (Å²) in [6, 6.07) is 32.4. The van der Waals surface area contributed by atoms with Gasteiger partial charge in [0.2, 0.25) is 0 Å². The number of amides is 2. The number of anilines is 4. The van der Waals surface area contributed by atoms with Crippen LogP contribution in [-0.4, -0.2) is 62.4 Å². The number of hydrogen-bond donors (Lipinski definition) is 2. The molecule has 0 heterocycles. The van der Waals surface area contributed by atoms with E-state index in [9.17, 15) is 4.79 Å². The highest BCUT2D eigenvalue weighted by Gasteiger charge is 2.22. The van der Waals surface area contributed by atoms with Crippen molar-refractivity contribution in [1.29, 1.82) is 0 Å². The summed E-state index contributed by atoms with van der Waals surface area (Å²) in [5, 5.41) is 6.56. The molecule has 220 valence electrons. The fourth-order valence-corrected chi connectivity index (χ4v) is 4.88. The molecule has 0 spiro atoms. The molecular weight excluding hydrogens is 520 g/mol. The molecule has 0 unspecified atom stereocenters. The second-order valence-electron chi connectivity index (χ2n) is 11.4. The van der Waals surface area contributed by atoms with E-state index in [4.69, 9.17) is 0 Å². The SMILES string of the molecule is CN(C)c1ccc(C(NC(=O)NC(c2ccc(N(C)C)cc2)c2ccc(N(C)C)cc2)c2ccc(N(C)C)cc2)cc1. The van der Waals surface area contributed by atoms with E-state index >= 15 is 0 Å². The molecule has 2 N–H and O–H groups in total. The molecule has 0 radical (unpaired) electrons. The average molecular weight is 565 g/mol. The lowest BCUT2D eigenvalue weighted by Gasteiger charge is -2.26. The van der Waals surface area contributed by atoms with Crippen LogP contribution in [0.5, 0.6) is 0 Å². The van der Waals surface area contributed by atoms with Gasteiger partial charge in [0.25, 0.3) is 0 Å². The third-order valence-corrected chi connectivity index (χ3v) is 7.52. The molecular formula is C35H44N6O. The monoisotopic (exact) mass is 564 g/mol. The van der Waals surface area contributed by atoms with Gasteiger partial charge in [0.05, 0.1) is 12.1 Å². The summed E-state index contributed by atoms with van der Waals surface area (Å²) < 4.78 is 0. The minimum absolute atomic E-state index is 0.244. The van der Waals surface area contributed by atoms with Crippen LogP contribution in [0.3, 0.4) is 0 Å². The predicted molar refractivity (Wildman–Crippen MR) is 178 cm³/mol. The summed E-state index contributed by atoms with van der Waals surface area (Å²) in [4.78, 5) is 22.1. The van der Waals surface area contributed by atoms with E-state index in [0.717, 1.165) is 45.0 Å². The van der Waals surface area contributed by atoms with Crippen molar-refractivity contribution >= 4 is 28.8 Å². The number of nitrogens with zero attached hydrogens (tertiary/aromatic N) is 4.